The molecule has 0 heterocycles. The fraction of sp³-hybridized carbons (Fsp3) is 0.421. The van der Waals surface area contributed by atoms with Gasteiger partial charge in [-0.15, -0.1) is 0 Å². The molecule has 4 N–H and O–H groups in total. The molecule has 0 aromatic heterocycles. The molecule has 0 saturated heterocycles. The summed E-state index contributed by atoms with van der Waals surface area (Å²) < 4.78 is 0. The molecule has 2 aromatic carbocycles. The van der Waals surface area contributed by atoms with E-state index in [-0.39, 0.29) is 11.3 Å². The van der Waals surface area contributed by atoms with E-state index >= 15 is 0 Å². The predicted octanol–water partition coefficient (Wildman–Crippen LogP) is 4.55. The monoisotopic (exact) mass is 317 g/mol. The molecule has 0 aliphatic heterocycles. The van der Waals surface area contributed by atoms with Gasteiger partial charge in [0.2, 0.25) is 0 Å². The van der Waals surface area contributed by atoms with Crippen molar-refractivity contribution in [3.8, 4) is 5.75 Å². The zero-order valence-electron chi connectivity index (χ0n) is 13.8. The topological polar surface area (TPSA) is 83.6 Å². The Morgan fingerprint density at radius 2 is 1.57 bits per heavy atom. The molecule has 4 nitrogen and oxygen atoms in total. The van der Waals surface area contributed by atoms with Crippen molar-refractivity contribution in [2.75, 3.05) is 6.54 Å². The third-order valence-corrected chi connectivity index (χ3v) is 3.65. The molecule has 0 radical (unpaired) electrons. The van der Waals surface area contributed by atoms with Gasteiger partial charge in [-0.25, -0.2) is 4.79 Å². The van der Waals surface area contributed by atoms with E-state index in [0.717, 1.165) is 17.3 Å². The van der Waals surface area contributed by atoms with Crippen molar-refractivity contribution >= 4 is 16.7 Å². The van der Waals surface area contributed by atoms with Gasteiger partial charge in [-0.3, -0.25) is 0 Å². The van der Waals surface area contributed by atoms with Gasteiger partial charge in [-0.2, -0.15) is 0 Å². The number of carbonyl (C=O) groups is 1. The molecule has 4 heteroatoms. The van der Waals surface area contributed by atoms with Crippen LogP contribution in [-0.4, -0.2) is 22.7 Å². The van der Waals surface area contributed by atoms with Gasteiger partial charge in [0, 0.05) is 0 Å². The lowest BCUT2D eigenvalue weighted by molar-refractivity contribution is 0.0694. The van der Waals surface area contributed by atoms with Crippen molar-refractivity contribution in [3.63, 3.8) is 0 Å². The van der Waals surface area contributed by atoms with Crippen LogP contribution in [0.5, 0.6) is 5.75 Å². The molecule has 2 rings (SSSR count). The van der Waals surface area contributed by atoms with Gasteiger partial charge in [0.1, 0.15) is 11.3 Å². The van der Waals surface area contributed by atoms with Crippen LogP contribution in [0.15, 0.2) is 36.4 Å². The molecule has 0 aliphatic rings. The van der Waals surface area contributed by atoms with Crippen molar-refractivity contribution in [3.05, 3.63) is 42.0 Å². The number of carboxylic acid groups (broad SMARTS) is 1. The Labute approximate surface area is 137 Å². The predicted molar refractivity (Wildman–Crippen MR) is 95.0 cm³/mol. The van der Waals surface area contributed by atoms with Gasteiger partial charge >= 0.3 is 5.97 Å². The van der Waals surface area contributed by atoms with E-state index in [1.54, 1.807) is 6.07 Å². The van der Waals surface area contributed by atoms with E-state index in [1.807, 2.05) is 18.2 Å². The van der Waals surface area contributed by atoms with Gasteiger partial charge in [0.15, 0.2) is 0 Å². The van der Waals surface area contributed by atoms with E-state index in [4.69, 9.17) is 10.8 Å². The highest BCUT2D eigenvalue weighted by Gasteiger charge is 2.09. The maximum Gasteiger partial charge on any atom is 0.339 e. The smallest absolute Gasteiger partial charge is 0.339 e. The summed E-state index contributed by atoms with van der Waals surface area (Å²) in [5.74, 6) is -1.32. The Balaban J connectivity index is 0.000000257. The first-order valence-corrected chi connectivity index (χ1v) is 8.25. The first-order chi connectivity index (χ1) is 11.1. The number of carboxylic acids is 1. The third kappa shape index (κ3) is 6.70. The molecule has 0 atom stereocenters. The van der Waals surface area contributed by atoms with Crippen LogP contribution in [0.1, 0.15) is 55.8 Å². The molecule has 0 fully saturated rings. The largest absolute Gasteiger partial charge is 0.507 e. The van der Waals surface area contributed by atoms with E-state index < -0.39 is 5.97 Å². The molecular formula is C19H27NO3. The standard InChI is InChI=1S/C11H8O3.C8H19N/c12-10-6-8-4-2-1-3-7(8)5-9(10)11(13)14;1-2-3-4-5-6-7-8-9/h1-6,12H,(H,13,14);2-9H2,1H3. The highest BCUT2D eigenvalue weighted by molar-refractivity contribution is 5.97. The molecule has 0 unspecified atom stereocenters. The SMILES string of the molecule is CCCCCCCCN.O=C(O)c1cc2ccccc2cc1O. The Bertz CT molecular complexity index is 605. The zero-order chi connectivity index (χ0) is 17.1. The maximum absolute atomic E-state index is 10.7. The number of phenols is 1. The second-order valence-electron chi connectivity index (χ2n) is 5.58. The van der Waals surface area contributed by atoms with E-state index in [0.29, 0.717) is 0 Å². The van der Waals surface area contributed by atoms with E-state index in [2.05, 4.69) is 6.92 Å². The Morgan fingerprint density at radius 1 is 1.00 bits per heavy atom. The Hall–Kier alpha value is -2.07. The Kier molecular flexibility index (Phi) is 8.76. The van der Waals surface area contributed by atoms with Gasteiger partial charge in [-0.1, -0.05) is 63.3 Å². The molecule has 0 aliphatic carbocycles. The number of rotatable bonds is 7. The summed E-state index contributed by atoms with van der Waals surface area (Å²) in [4.78, 5) is 10.7. The van der Waals surface area contributed by atoms with Gasteiger partial charge < -0.3 is 15.9 Å². The summed E-state index contributed by atoms with van der Waals surface area (Å²) in [5, 5.41) is 19.8. The summed E-state index contributed by atoms with van der Waals surface area (Å²) in [5.41, 5.74) is 5.28. The van der Waals surface area contributed by atoms with Crippen LogP contribution in [0.3, 0.4) is 0 Å². The number of nitrogens with two attached hydrogens (primary N) is 1. The first kappa shape index (κ1) is 19.0. The van der Waals surface area contributed by atoms with Crippen LogP contribution < -0.4 is 5.73 Å². The summed E-state index contributed by atoms with van der Waals surface area (Å²) >= 11 is 0. The molecule has 2 aromatic rings. The number of aromatic carboxylic acids is 1. The zero-order valence-corrected chi connectivity index (χ0v) is 13.8. The lowest BCUT2D eigenvalue weighted by Gasteiger charge is -2.02. The van der Waals surface area contributed by atoms with Gasteiger partial charge in [0.25, 0.3) is 0 Å². The van der Waals surface area contributed by atoms with Crippen molar-refractivity contribution < 1.29 is 15.0 Å². The molecule has 0 saturated carbocycles. The van der Waals surface area contributed by atoms with Crippen LogP contribution in [0, 0.1) is 0 Å². The molecule has 0 amide bonds. The summed E-state index contributed by atoms with van der Waals surface area (Å²) in [6.07, 6.45) is 8.05. The number of hydrogen-bond donors (Lipinski definition) is 3. The number of benzene rings is 2. The van der Waals surface area contributed by atoms with E-state index in [1.165, 1.54) is 50.7 Å². The Morgan fingerprint density at radius 3 is 2.13 bits per heavy atom. The minimum Gasteiger partial charge on any atom is -0.507 e. The van der Waals surface area contributed by atoms with Crippen LogP contribution in [0.4, 0.5) is 0 Å². The number of aromatic hydroxyl groups is 1. The van der Waals surface area contributed by atoms with Crippen LogP contribution >= 0.6 is 0 Å². The number of unbranched alkanes of at least 4 members (excludes halogenated alkanes) is 5. The second kappa shape index (κ2) is 10.6. The maximum atomic E-state index is 10.7. The molecule has 126 valence electrons. The van der Waals surface area contributed by atoms with Crippen LogP contribution in [0.25, 0.3) is 10.8 Å². The second-order valence-corrected chi connectivity index (χ2v) is 5.58. The van der Waals surface area contributed by atoms with E-state index in [9.17, 15) is 9.90 Å². The lowest BCUT2D eigenvalue weighted by Crippen LogP contribution is -1.97. The van der Waals surface area contributed by atoms with Crippen molar-refractivity contribution in [1.82, 2.24) is 0 Å². The van der Waals surface area contributed by atoms with Crippen LogP contribution in [0.2, 0.25) is 0 Å². The molecule has 0 spiro atoms. The third-order valence-electron chi connectivity index (χ3n) is 3.65. The van der Waals surface area contributed by atoms with Crippen molar-refractivity contribution in [2.45, 2.75) is 45.4 Å². The highest BCUT2D eigenvalue weighted by atomic mass is 16.4. The van der Waals surface area contributed by atoms with Gasteiger partial charge in [-0.05, 0) is 35.9 Å². The lowest BCUT2D eigenvalue weighted by atomic mass is 10.1. The van der Waals surface area contributed by atoms with Crippen LogP contribution in [-0.2, 0) is 0 Å². The number of hydrogen-bond acceptors (Lipinski definition) is 3. The fourth-order valence-corrected chi connectivity index (χ4v) is 2.32. The quantitative estimate of drug-likeness (QED) is 0.654. The highest BCUT2D eigenvalue weighted by Crippen LogP contribution is 2.24. The number of fused-ring (bicyclic) bond motifs is 1. The molecular weight excluding hydrogens is 290 g/mol. The average molecular weight is 317 g/mol. The first-order valence-electron chi connectivity index (χ1n) is 8.25. The fourth-order valence-electron chi connectivity index (χ4n) is 2.32. The minimum absolute atomic E-state index is 0.0660. The average Bonchev–Trinajstić information content (AvgIpc) is 2.54. The van der Waals surface area contributed by atoms with Gasteiger partial charge in [0.05, 0.1) is 0 Å². The van der Waals surface area contributed by atoms with Crippen molar-refractivity contribution in [2.24, 2.45) is 5.73 Å². The minimum atomic E-state index is -1.12. The summed E-state index contributed by atoms with van der Waals surface area (Å²) in [7, 11) is 0. The molecule has 23 heavy (non-hydrogen) atoms. The van der Waals surface area contributed by atoms with Crippen molar-refractivity contribution in [1.29, 1.82) is 0 Å². The summed E-state index contributed by atoms with van der Waals surface area (Å²) in [6.45, 7) is 3.11. The normalized spacial score (nSPS) is 10.2. The summed E-state index contributed by atoms with van der Waals surface area (Å²) in [6, 6.07) is 10.2. The molecule has 0 bridgehead atoms.